The van der Waals surface area contributed by atoms with Crippen molar-refractivity contribution < 1.29 is 8.42 Å². The van der Waals surface area contributed by atoms with Gasteiger partial charge in [-0.1, -0.05) is 125 Å². The quantitative estimate of drug-likeness (QED) is 0.240. The lowest BCUT2D eigenvalue weighted by atomic mass is 9.43. The highest BCUT2D eigenvalue weighted by Crippen LogP contribution is 2.69. The van der Waals surface area contributed by atoms with E-state index in [0.29, 0.717) is 0 Å². The summed E-state index contributed by atoms with van der Waals surface area (Å²) in [4.78, 5) is 2.64. The van der Waals surface area contributed by atoms with E-state index in [9.17, 15) is 8.42 Å². The van der Waals surface area contributed by atoms with Crippen molar-refractivity contribution in [2.45, 2.75) is 280 Å². The molecule has 0 radical (unpaired) electrons. The Hall–Kier alpha value is -1.68. The summed E-state index contributed by atoms with van der Waals surface area (Å²) >= 11 is 0. The van der Waals surface area contributed by atoms with Gasteiger partial charge in [0.05, 0.1) is 26.1 Å². The van der Waals surface area contributed by atoms with Crippen LogP contribution in [0.2, 0.25) is 0 Å². The van der Waals surface area contributed by atoms with Crippen LogP contribution in [0.5, 0.6) is 0 Å². The van der Waals surface area contributed by atoms with E-state index in [-0.39, 0.29) is 76.4 Å². The lowest BCUT2D eigenvalue weighted by Gasteiger charge is -2.60. The summed E-state index contributed by atoms with van der Waals surface area (Å²) in [6, 6.07) is 0. The third kappa shape index (κ3) is 8.39. The Morgan fingerprint density at radius 1 is 0.294 bits per heavy atom. The summed E-state index contributed by atoms with van der Waals surface area (Å²) in [7, 11) is 5.32. The summed E-state index contributed by atoms with van der Waals surface area (Å²) in [6.07, 6.45) is 0. The van der Waals surface area contributed by atoms with Crippen LogP contribution in [0.15, 0.2) is 15.3 Å². The molecule has 68 heavy (non-hydrogen) atoms. The van der Waals surface area contributed by atoms with Crippen LogP contribution >= 0.6 is 0 Å². The number of likely N-dealkylation sites (tertiary alicyclic amines) is 1. The molecule has 0 bridgehead atoms. The maximum Gasteiger partial charge on any atom is 0.161 e. The molecule has 402 valence electrons. The third-order valence-corrected chi connectivity index (χ3v) is 29.7. The SMILES string of the molecule is CC1(C)C(C)(C)C(C)(C)S(=O)(=O)C1(C)C.CC1=NN(C)C(C)(C)C1(C)C.CC1=NN(C)C(C)(C)C1(C)C.CC1=NN(C)C(C)(C)C1(C)C.CN1C(C)(C)C(C)(C)C(C)(C)C(C)(C)C(C)(C)C1(C)C. The zero-order chi connectivity index (χ0) is 55.7. The van der Waals surface area contributed by atoms with E-state index >= 15 is 0 Å². The van der Waals surface area contributed by atoms with Crippen molar-refractivity contribution in [1.82, 2.24) is 19.9 Å². The van der Waals surface area contributed by atoms with E-state index in [1.807, 2.05) is 48.8 Å². The zero-order valence-corrected chi connectivity index (χ0v) is 53.7. The van der Waals surface area contributed by atoms with Gasteiger partial charge < -0.3 is 0 Å². The molecule has 0 atom stereocenters. The molecule has 0 aromatic heterocycles. The van der Waals surface area contributed by atoms with Gasteiger partial charge in [-0.3, -0.25) is 19.9 Å². The topological polar surface area (TPSA) is 84.2 Å². The molecular formula is C58H117N7O2S. The first-order valence-corrected chi connectivity index (χ1v) is 27.4. The van der Waals surface area contributed by atoms with Crippen molar-refractivity contribution in [2.24, 2.45) is 64.0 Å². The van der Waals surface area contributed by atoms with Crippen LogP contribution < -0.4 is 0 Å². The van der Waals surface area contributed by atoms with Crippen LogP contribution in [0.25, 0.3) is 0 Å². The number of sulfone groups is 1. The van der Waals surface area contributed by atoms with Crippen molar-refractivity contribution >= 4 is 27.0 Å². The highest BCUT2D eigenvalue weighted by molar-refractivity contribution is 7.94. The minimum absolute atomic E-state index is 0.130. The molecule has 0 aromatic carbocycles. The average molecular weight is 977 g/mol. The number of hydrazone groups is 3. The van der Waals surface area contributed by atoms with E-state index in [1.165, 1.54) is 17.1 Å². The number of hydrogen-bond donors (Lipinski definition) is 0. The largest absolute Gasteiger partial charge is 0.295 e. The van der Waals surface area contributed by atoms with Crippen molar-refractivity contribution in [2.75, 3.05) is 28.2 Å². The Kier molecular flexibility index (Phi) is 16.5. The fourth-order valence-corrected chi connectivity index (χ4v) is 14.5. The van der Waals surface area contributed by atoms with Crippen LogP contribution in [0.3, 0.4) is 0 Å². The van der Waals surface area contributed by atoms with Gasteiger partial charge in [-0.05, 0) is 157 Å². The predicted molar refractivity (Wildman–Crippen MR) is 302 cm³/mol. The minimum Gasteiger partial charge on any atom is -0.295 e. The molecule has 10 heteroatoms. The molecular weight excluding hydrogens is 859 g/mol. The maximum absolute atomic E-state index is 12.6. The Morgan fingerprint density at radius 3 is 0.559 bits per heavy atom. The molecule has 2 fully saturated rings. The summed E-state index contributed by atoms with van der Waals surface area (Å²) in [5.41, 5.74) is 5.34. The first-order valence-electron chi connectivity index (χ1n) is 25.9. The molecule has 2 saturated heterocycles. The predicted octanol–water partition coefficient (Wildman–Crippen LogP) is 15.0. The van der Waals surface area contributed by atoms with E-state index in [2.05, 4.69) is 257 Å². The summed E-state index contributed by atoms with van der Waals surface area (Å²) in [6.45, 7) is 78.3. The second kappa shape index (κ2) is 17.5. The molecule has 0 N–H and O–H groups in total. The molecule has 5 heterocycles. The molecule has 0 spiro atoms. The standard InChI is InChI=1S/C19H39N.C12H24O2S.3C9H18N2/c1-14(2)15(3,4)17(7,8)19(11,12)20(13)18(9,10)16(14,5)6;1-9(2)10(3,4)12(7,8)15(13,14)11(9,5)6;3*1-7-8(2,3)9(4,5)11(6)10-7/h1-13H3;1-8H3;3*1-6H3. The Bertz CT molecular complexity index is 1880. The lowest BCUT2D eigenvalue weighted by Crippen LogP contribution is -2.62. The van der Waals surface area contributed by atoms with Gasteiger partial charge >= 0.3 is 0 Å². The Balaban J connectivity index is 0.000000435. The average Bonchev–Trinajstić information content (AvgIpc) is 3.47. The lowest BCUT2D eigenvalue weighted by molar-refractivity contribution is -0.106. The van der Waals surface area contributed by atoms with E-state index in [0.717, 1.165) is 0 Å². The normalized spacial score (nSPS) is 30.5. The van der Waals surface area contributed by atoms with Gasteiger partial charge in [-0.15, -0.1) is 0 Å². The van der Waals surface area contributed by atoms with Crippen molar-refractivity contribution in [3.8, 4) is 0 Å². The minimum atomic E-state index is -3.12. The second-order valence-corrected chi connectivity index (χ2v) is 33.2. The molecule has 0 aromatic rings. The van der Waals surface area contributed by atoms with E-state index in [4.69, 9.17) is 0 Å². The van der Waals surface area contributed by atoms with Crippen LogP contribution in [0.4, 0.5) is 0 Å². The smallest absolute Gasteiger partial charge is 0.161 e. The fraction of sp³-hybridized carbons (Fsp3) is 0.948. The Labute approximate surface area is 425 Å². The Morgan fingerprint density at radius 2 is 0.471 bits per heavy atom. The molecule has 5 aliphatic heterocycles. The number of hydrogen-bond acceptors (Lipinski definition) is 9. The van der Waals surface area contributed by atoms with Crippen LogP contribution in [-0.2, 0) is 9.84 Å². The summed E-state index contributed by atoms with van der Waals surface area (Å²) < 4.78 is 23.8. The molecule has 5 aliphatic rings. The van der Waals surface area contributed by atoms with Gasteiger partial charge in [0, 0.05) is 65.6 Å². The van der Waals surface area contributed by atoms with Gasteiger partial charge in [0.25, 0.3) is 0 Å². The van der Waals surface area contributed by atoms with Crippen LogP contribution in [-0.4, -0.2) is 111 Å². The van der Waals surface area contributed by atoms with Crippen LogP contribution in [0.1, 0.15) is 242 Å². The van der Waals surface area contributed by atoms with Crippen molar-refractivity contribution in [3.63, 3.8) is 0 Å². The molecule has 0 unspecified atom stereocenters. The van der Waals surface area contributed by atoms with Gasteiger partial charge in [0.2, 0.25) is 0 Å². The number of rotatable bonds is 0. The van der Waals surface area contributed by atoms with Crippen molar-refractivity contribution in [1.29, 1.82) is 0 Å². The molecule has 9 nitrogen and oxygen atoms in total. The third-order valence-electron chi connectivity index (χ3n) is 26.0. The first-order chi connectivity index (χ1) is 29.1. The summed E-state index contributed by atoms with van der Waals surface area (Å²) in [5.74, 6) is 0. The second-order valence-electron chi connectivity index (χ2n) is 30.1. The van der Waals surface area contributed by atoms with Crippen molar-refractivity contribution in [3.05, 3.63) is 0 Å². The van der Waals surface area contributed by atoms with Gasteiger partial charge in [-0.25, -0.2) is 8.42 Å². The van der Waals surface area contributed by atoms with E-state index in [1.54, 1.807) is 0 Å². The van der Waals surface area contributed by atoms with Gasteiger partial charge in [-0.2, -0.15) is 15.3 Å². The molecule has 0 saturated carbocycles. The van der Waals surface area contributed by atoms with Gasteiger partial charge in [0.1, 0.15) is 0 Å². The fourth-order valence-electron chi connectivity index (χ4n) is 11.4. The number of nitrogens with zero attached hydrogens (tertiary/aromatic N) is 7. The summed E-state index contributed by atoms with van der Waals surface area (Å²) in [5, 5.41) is 19.5. The van der Waals surface area contributed by atoms with E-state index < -0.39 is 19.3 Å². The molecule has 0 amide bonds. The first kappa shape index (κ1) is 64.3. The van der Waals surface area contributed by atoms with Crippen LogP contribution in [0, 0.1) is 48.7 Å². The monoisotopic (exact) mass is 976 g/mol. The van der Waals surface area contributed by atoms with Gasteiger partial charge in [0.15, 0.2) is 9.84 Å². The molecule has 5 rings (SSSR count). The highest BCUT2D eigenvalue weighted by atomic mass is 32.2. The molecule has 0 aliphatic carbocycles. The maximum atomic E-state index is 12.6. The highest BCUT2D eigenvalue weighted by Gasteiger charge is 2.72. The zero-order valence-electron chi connectivity index (χ0n) is 52.9.